The third kappa shape index (κ3) is 6.79. The molecular formula is C19H30O2. The topological polar surface area (TPSA) is 26.3 Å². The zero-order valence-electron chi connectivity index (χ0n) is 14.6. The first-order chi connectivity index (χ1) is 9.40. The monoisotopic (exact) mass is 290 g/mol. The van der Waals surface area contributed by atoms with Gasteiger partial charge < -0.3 is 4.74 Å². The number of benzene rings is 1. The lowest BCUT2D eigenvalue weighted by atomic mass is 9.71. The molecule has 0 saturated carbocycles. The highest BCUT2D eigenvalue weighted by Gasteiger charge is 2.34. The molecule has 1 aromatic rings. The summed E-state index contributed by atoms with van der Waals surface area (Å²) in [5, 5.41) is 0. The van der Waals surface area contributed by atoms with Gasteiger partial charge in [0, 0.05) is 0 Å². The Morgan fingerprint density at radius 3 is 1.90 bits per heavy atom. The van der Waals surface area contributed by atoms with E-state index in [0.717, 1.165) is 12.8 Å². The Morgan fingerprint density at radius 2 is 1.43 bits per heavy atom. The molecule has 0 bridgehead atoms. The Hall–Kier alpha value is -1.31. The zero-order chi connectivity index (χ0) is 16.3. The first-order valence-corrected chi connectivity index (χ1v) is 7.69. The van der Waals surface area contributed by atoms with Crippen LogP contribution in [0.2, 0.25) is 0 Å². The van der Waals surface area contributed by atoms with Gasteiger partial charge in [0.05, 0.1) is 5.56 Å². The lowest BCUT2D eigenvalue weighted by molar-refractivity contribution is -0.0248. The van der Waals surface area contributed by atoms with Crippen LogP contribution in [-0.4, -0.2) is 11.6 Å². The Balaban J connectivity index is 2.71. The third-order valence-corrected chi connectivity index (χ3v) is 3.29. The molecule has 0 N–H and O–H groups in total. The van der Waals surface area contributed by atoms with Crippen molar-refractivity contribution in [1.29, 1.82) is 0 Å². The number of esters is 1. The van der Waals surface area contributed by atoms with Gasteiger partial charge in [0.15, 0.2) is 0 Å². The summed E-state index contributed by atoms with van der Waals surface area (Å²) in [6.07, 6.45) is 1.93. The second-order valence-electron chi connectivity index (χ2n) is 8.59. The van der Waals surface area contributed by atoms with Gasteiger partial charge in [-0.2, -0.15) is 0 Å². The maximum absolute atomic E-state index is 12.2. The van der Waals surface area contributed by atoms with Crippen LogP contribution >= 0.6 is 0 Å². The molecule has 2 nitrogen and oxygen atoms in total. The predicted octanol–water partition coefficient (Wildman–Crippen LogP) is 5.47. The first kappa shape index (κ1) is 17.7. The summed E-state index contributed by atoms with van der Waals surface area (Å²) in [5.74, 6) is -0.243. The molecular weight excluding hydrogens is 260 g/mol. The van der Waals surface area contributed by atoms with E-state index in [1.165, 1.54) is 0 Å². The highest BCUT2D eigenvalue weighted by molar-refractivity contribution is 5.89. The molecule has 0 aliphatic carbocycles. The summed E-state index contributed by atoms with van der Waals surface area (Å²) in [6, 6.07) is 9.19. The molecule has 118 valence electrons. The summed E-state index contributed by atoms with van der Waals surface area (Å²) >= 11 is 0. The van der Waals surface area contributed by atoms with Gasteiger partial charge in [-0.05, 0) is 49.7 Å². The van der Waals surface area contributed by atoms with Gasteiger partial charge in [-0.15, -0.1) is 0 Å². The standard InChI is InChI=1S/C19H30O2/c1-17(2,3)13-18(4,5)14-19(6,7)21-16(20)15-11-9-8-10-12-15/h8-12H,13-14H2,1-7H3. The fraction of sp³-hybridized carbons (Fsp3) is 0.632. The fourth-order valence-corrected chi connectivity index (χ4v) is 3.57. The molecule has 0 spiro atoms. The molecule has 1 aromatic carbocycles. The minimum atomic E-state index is -0.471. The van der Waals surface area contributed by atoms with E-state index in [4.69, 9.17) is 4.74 Å². The molecule has 0 atom stereocenters. The molecule has 0 unspecified atom stereocenters. The largest absolute Gasteiger partial charge is 0.456 e. The zero-order valence-corrected chi connectivity index (χ0v) is 14.6. The van der Waals surface area contributed by atoms with Crippen molar-refractivity contribution >= 4 is 5.97 Å². The fourth-order valence-electron chi connectivity index (χ4n) is 3.57. The van der Waals surface area contributed by atoms with E-state index in [-0.39, 0.29) is 16.8 Å². The Kier molecular flexibility index (Phi) is 5.25. The number of hydrogen-bond donors (Lipinski definition) is 0. The van der Waals surface area contributed by atoms with Crippen molar-refractivity contribution in [3.05, 3.63) is 35.9 Å². The van der Waals surface area contributed by atoms with E-state index in [1.54, 1.807) is 12.1 Å². The summed E-state index contributed by atoms with van der Waals surface area (Å²) in [4.78, 5) is 12.2. The van der Waals surface area contributed by atoms with Crippen LogP contribution in [0.5, 0.6) is 0 Å². The smallest absolute Gasteiger partial charge is 0.338 e. The van der Waals surface area contributed by atoms with E-state index in [0.29, 0.717) is 5.56 Å². The average molecular weight is 290 g/mol. The van der Waals surface area contributed by atoms with E-state index < -0.39 is 5.60 Å². The van der Waals surface area contributed by atoms with Crippen molar-refractivity contribution in [3.8, 4) is 0 Å². The second kappa shape index (κ2) is 6.21. The van der Waals surface area contributed by atoms with Crippen LogP contribution in [0.4, 0.5) is 0 Å². The summed E-state index contributed by atoms with van der Waals surface area (Å²) < 4.78 is 5.74. The van der Waals surface area contributed by atoms with Crippen LogP contribution in [0, 0.1) is 10.8 Å². The molecule has 21 heavy (non-hydrogen) atoms. The summed E-state index contributed by atoms with van der Waals surface area (Å²) in [5.41, 5.74) is 0.530. The molecule has 1 rings (SSSR count). The Labute approximate surface area is 129 Å². The van der Waals surface area contributed by atoms with Gasteiger partial charge in [0.2, 0.25) is 0 Å². The van der Waals surface area contributed by atoms with Crippen molar-refractivity contribution in [1.82, 2.24) is 0 Å². The number of hydrogen-bond acceptors (Lipinski definition) is 2. The number of rotatable bonds is 5. The van der Waals surface area contributed by atoms with Gasteiger partial charge >= 0.3 is 5.97 Å². The lowest BCUT2D eigenvalue weighted by Gasteiger charge is -2.38. The maximum Gasteiger partial charge on any atom is 0.338 e. The first-order valence-electron chi connectivity index (χ1n) is 7.69. The molecule has 0 aliphatic heterocycles. The third-order valence-electron chi connectivity index (χ3n) is 3.29. The van der Waals surface area contributed by atoms with Crippen LogP contribution in [0.15, 0.2) is 30.3 Å². The summed E-state index contributed by atoms with van der Waals surface area (Å²) in [7, 11) is 0. The van der Waals surface area contributed by atoms with Crippen LogP contribution < -0.4 is 0 Å². The van der Waals surface area contributed by atoms with Crippen LogP contribution in [-0.2, 0) is 4.74 Å². The van der Waals surface area contributed by atoms with Crippen molar-refractivity contribution < 1.29 is 9.53 Å². The van der Waals surface area contributed by atoms with Gasteiger partial charge in [-0.3, -0.25) is 0 Å². The molecule has 0 saturated heterocycles. The van der Waals surface area contributed by atoms with Crippen molar-refractivity contribution in [2.24, 2.45) is 10.8 Å². The highest BCUT2D eigenvalue weighted by Crippen LogP contribution is 2.40. The minimum absolute atomic E-state index is 0.124. The number of carbonyl (C=O) groups excluding carboxylic acids is 1. The number of ether oxygens (including phenoxy) is 1. The van der Waals surface area contributed by atoms with Crippen molar-refractivity contribution in [2.75, 3.05) is 0 Å². The molecule has 0 fully saturated rings. The van der Waals surface area contributed by atoms with E-state index in [9.17, 15) is 4.79 Å². The highest BCUT2D eigenvalue weighted by atomic mass is 16.6. The lowest BCUT2D eigenvalue weighted by Crippen LogP contribution is -2.35. The molecule has 0 heterocycles. The van der Waals surface area contributed by atoms with E-state index in [1.807, 2.05) is 32.0 Å². The van der Waals surface area contributed by atoms with Crippen molar-refractivity contribution in [3.63, 3.8) is 0 Å². The Morgan fingerprint density at radius 1 is 0.905 bits per heavy atom. The normalized spacial score (nSPS) is 13.1. The maximum atomic E-state index is 12.2. The quantitative estimate of drug-likeness (QED) is 0.672. The van der Waals surface area contributed by atoms with E-state index >= 15 is 0 Å². The second-order valence-corrected chi connectivity index (χ2v) is 8.59. The van der Waals surface area contributed by atoms with E-state index in [2.05, 4.69) is 34.6 Å². The summed E-state index contributed by atoms with van der Waals surface area (Å²) in [6.45, 7) is 15.2. The average Bonchev–Trinajstić information content (AvgIpc) is 2.24. The van der Waals surface area contributed by atoms with Gasteiger partial charge in [0.25, 0.3) is 0 Å². The molecule has 0 radical (unpaired) electrons. The van der Waals surface area contributed by atoms with Crippen LogP contribution in [0.1, 0.15) is 71.7 Å². The molecule has 2 heteroatoms. The van der Waals surface area contributed by atoms with Crippen molar-refractivity contribution in [2.45, 2.75) is 66.9 Å². The minimum Gasteiger partial charge on any atom is -0.456 e. The molecule has 0 aromatic heterocycles. The van der Waals surface area contributed by atoms with Crippen LogP contribution in [0.3, 0.4) is 0 Å². The molecule has 0 aliphatic rings. The predicted molar refractivity (Wildman–Crippen MR) is 88.4 cm³/mol. The molecule has 0 amide bonds. The van der Waals surface area contributed by atoms with Gasteiger partial charge in [0.1, 0.15) is 5.60 Å². The SMILES string of the molecule is CC(C)(C)CC(C)(C)CC(C)(C)OC(=O)c1ccccc1. The van der Waals surface area contributed by atoms with Gasteiger partial charge in [-0.25, -0.2) is 4.79 Å². The Bertz CT molecular complexity index is 464. The van der Waals surface area contributed by atoms with Gasteiger partial charge in [-0.1, -0.05) is 52.8 Å². The number of carbonyl (C=O) groups is 1. The van der Waals surface area contributed by atoms with Crippen LogP contribution in [0.25, 0.3) is 0 Å².